The maximum atomic E-state index is 6.17. The van der Waals surface area contributed by atoms with Gasteiger partial charge in [-0.1, -0.05) is 41.6 Å². The van der Waals surface area contributed by atoms with Gasteiger partial charge in [0.2, 0.25) is 0 Å². The van der Waals surface area contributed by atoms with Gasteiger partial charge in [-0.25, -0.2) is 0 Å². The summed E-state index contributed by atoms with van der Waals surface area (Å²) in [6, 6.07) is 0. The molecule has 1 aliphatic carbocycles. The predicted molar refractivity (Wildman–Crippen MR) is 73.7 cm³/mol. The van der Waals surface area contributed by atoms with Crippen molar-refractivity contribution in [3.05, 3.63) is 0 Å². The molecule has 0 spiro atoms. The van der Waals surface area contributed by atoms with Crippen LogP contribution in [0.1, 0.15) is 51.4 Å². The molecular formula is C14H25BrO2. The lowest BCUT2D eigenvalue weighted by atomic mass is 9.97. The van der Waals surface area contributed by atoms with Crippen LogP contribution in [-0.2, 0) is 9.47 Å². The highest BCUT2D eigenvalue weighted by Crippen LogP contribution is 2.26. The summed E-state index contributed by atoms with van der Waals surface area (Å²) in [6.45, 7) is 2.79. The molecule has 0 amide bonds. The standard InChI is InChI=1S/C14H25BrO2/c15-13-5-3-1-2-4-6-14(13)17-11-12-7-9-16-10-8-12/h12-14H,1-11H2. The fourth-order valence-corrected chi connectivity index (χ4v) is 3.51. The third-order valence-corrected chi connectivity index (χ3v) is 5.06. The molecular weight excluding hydrogens is 280 g/mol. The minimum absolute atomic E-state index is 0.443. The van der Waals surface area contributed by atoms with Crippen LogP contribution >= 0.6 is 15.9 Å². The molecule has 0 N–H and O–H groups in total. The molecule has 0 aromatic rings. The van der Waals surface area contributed by atoms with Crippen molar-refractivity contribution in [3.63, 3.8) is 0 Å². The van der Waals surface area contributed by atoms with Crippen LogP contribution in [0.2, 0.25) is 0 Å². The molecule has 2 unspecified atom stereocenters. The number of alkyl halides is 1. The second-order valence-corrected chi connectivity index (χ2v) is 6.61. The second kappa shape index (κ2) is 7.75. The molecule has 2 fully saturated rings. The van der Waals surface area contributed by atoms with Crippen molar-refractivity contribution in [2.45, 2.75) is 62.3 Å². The largest absolute Gasteiger partial charge is 0.381 e. The summed E-state index contributed by atoms with van der Waals surface area (Å²) >= 11 is 3.81. The van der Waals surface area contributed by atoms with E-state index in [1.165, 1.54) is 51.4 Å². The van der Waals surface area contributed by atoms with Crippen LogP contribution < -0.4 is 0 Å². The Bertz CT molecular complexity index is 204. The molecule has 1 saturated heterocycles. The molecule has 1 aliphatic heterocycles. The summed E-state index contributed by atoms with van der Waals surface area (Å²) < 4.78 is 11.6. The Morgan fingerprint density at radius 3 is 2.41 bits per heavy atom. The third kappa shape index (κ3) is 4.88. The normalized spacial score (nSPS) is 33.0. The van der Waals surface area contributed by atoms with Gasteiger partial charge in [0.15, 0.2) is 0 Å². The Labute approximate surface area is 114 Å². The molecule has 2 aliphatic rings. The average Bonchev–Trinajstić information content (AvgIpc) is 2.35. The first-order chi connectivity index (χ1) is 8.36. The highest BCUT2D eigenvalue weighted by atomic mass is 79.9. The van der Waals surface area contributed by atoms with Crippen molar-refractivity contribution in [1.29, 1.82) is 0 Å². The molecule has 17 heavy (non-hydrogen) atoms. The maximum Gasteiger partial charge on any atom is 0.0700 e. The van der Waals surface area contributed by atoms with E-state index >= 15 is 0 Å². The van der Waals surface area contributed by atoms with Gasteiger partial charge in [-0.3, -0.25) is 0 Å². The lowest BCUT2D eigenvalue weighted by molar-refractivity contribution is -0.0160. The van der Waals surface area contributed by atoms with E-state index in [2.05, 4.69) is 15.9 Å². The number of hydrogen-bond donors (Lipinski definition) is 0. The van der Waals surface area contributed by atoms with Gasteiger partial charge in [0, 0.05) is 24.6 Å². The first-order valence-corrected chi connectivity index (χ1v) is 8.11. The molecule has 0 radical (unpaired) electrons. The molecule has 1 heterocycles. The smallest absolute Gasteiger partial charge is 0.0700 e. The average molecular weight is 305 g/mol. The van der Waals surface area contributed by atoms with Crippen LogP contribution in [0.5, 0.6) is 0 Å². The SMILES string of the molecule is BrC1CCCCCCC1OCC1CCOCC1. The van der Waals surface area contributed by atoms with Crippen molar-refractivity contribution in [2.24, 2.45) is 5.92 Å². The minimum atomic E-state index is 0.443. The second-order valence-electron chi connectivity index (χ2n) is 5.44. The van der Waals surface area contributed by atoms with Gasteiger partial charge in [0.25, 0.3) is 0 Å². The Morgan fingerprint density at radius 2 is 1.65 bits per heavy atom. The Balaban J connectivity index is 1.71. The lowest BCUT2D eigenvalue weighted by Crippen LogP contribution is -2.29. The molecule has 0 bridgehead atoms. The molecule has 1 saturated carbocycles. The van der Waals surface area contributed by atoms with Gasteiger partial charge >= 0.3 is 0 Å². The summed E-state index contributed by atoms with van der Waals surface area (Å²) in [6.07, 6.45) is 10.8. The Hall–Kier alpha value is 0.400. The Kier molecular flexibility index (Phi) is 6.30. The van der Waals surface area contributed by atoms with Crippen molar-refractivity contribution in [1.82, 2.24) is 0 Å². The van der Waals surface area contributed by atoms with Crippen molar-refractivity contribution >= 4 is 15.9 Å². The van der Waals surface area contributed by atoms with Gasteiger partial charge in [-0.15, -0.1) is 0 Å². The summed E-state index contributed by atoms with van der Waals surface area (Å²) in [7, 11) is 0. The molecule has 2 nitrogen and oxygen atoms in total. The lowest BCUT2D eigenvalue weighted by Gasteiger charge is -2.28. The first kappa shape index (κ1) is 13.8. The zero-order chi connectivity index (χ0) is 11.9. The van der Waals surface area contributed by atoms with E-state index in [1.54, 1.807) is 0 Å². The molecule has 3 heteroatoms. The Morgan fingerprint density at radius 1 is 0.941 bits per heavy atom. The van der Waals surface area contributed by atoms with Gasteiger partial charge in [-0.05, 0) is 31.6 Å². The van der Waals surface area contributed by atoms with Gasteiger partial charge in [-0.2, -0.15) is 0 Å². The van der Waals surface area contributed by atoms with Crippen LogP contribution in [-0.4, -0.2) is 30.8 Å². The molecule has 2 atom stereocenters. The third-order valence-electron chi connectivity index (χ3n) is 4.01. The summed E-state index contributed by atoms with van der Waals surface area (Å²) in [5.74, 6) is 0.730. The quantitative estimate of drug-likeness (QED) is 0.736. The monoisotopic (exact) mass is 304 g/mol. The molecule has 0 aromatic carbocycles. The number of halogens is 1. The van der Waals surface area contributed by atoms with Crippen LogP contribution in [0.4, 0.5) is 0 Å². The van der Waals surface area contributed by atoms with Crippen molar-refractivity contribution in [3.8, 4) is 0 Å². The zero-order valence-electron chi connectivity index (χ0n) is 10.7. The van der Waals surface area contributed by atoms with Crippen molar-refractivity contribution < 1.29 is 9.47 Å². The molecule has 100 valence electrons. The van der Waals surface area contributed by atoms with Crippen LogP contribution in [0.25, 0.3) is 0 Å². The highest BCUT2D eigenvalue weighted by molar-refractivity contribution is 9.09. The van der Waals surface area contributed by atoms with Gasteiger partial charge in [0.1, 0.15) is 0 Å². The van der Waals surface area contributed by atoms with E-state index in [0.717, 1.165) is 25.7 Å². The fourth-order valence-electron chi connectivity index (χ4n) is 2.77. The highest BCUT2D eigenvalue weighted by Gasteiger charge is 2.23. The van der Waals surface area contributed by atoms with E-state index in [-0.39, 0.29) is 0 Å². The first-order valence-electron chi connectivity index (χ1n) is 7.19. The maximum absolute atomic E-state index is 6.17. The summed E-state index contributed by atoms with van der Waals surface area (Å²) in [5, 5.41) is 0. The van der Waals surface area contributed by atoms with Crippen LogP contribution in [0.15, 0.2) is 0 Å². The molecule has 2 rings (SSSR count). The van der Waals surface area contributed by atoms with Gasteiger partial charge < -0.3 is 9.47 Å². The minimum Gasteiger partial charge on any atom is -0.381 e. The summed E-state index contributed by atoms with van der Waals surface area (Å²) in [4.78, 5) is 0.572. The van der Waals surface area contributed by atoms with E-state index in [1.807, 2.05) is 0 Å². The number of rotatable bonds is 3. The zero-order valence-corrected chi connectivity index (χ0v) is 12.3. The van der Waals surface area contributed by atoms with E-state index in [4.69, 9.17) is 9.47 Å². The summed E-state index contributed by atoms with van der Waals surface area (Å²) in [5.41, 5.74) is 0. The van der Waals surface area contributed by atoms with E-state index < -0.39 is 0 Å². The van der Waals surface area contributed by atoms with Crippen molar-refractivity contribution in [2.75, 3.05) is 19.8 Å². The van der Waals surface area contributed by atoms with Crippen LogP contribution in [0, 0.1) is 5.92 Å². The predicted octanol–water partition coefficient (Wildman–Crippen LogP) is 3.92. The topological polar surface area (TPSA) is 18.5 Å². The number of hydrogen-bond acceptors (Lipinski definition) is 2. The van der Waals surface area contributed by atoms with E-state index in [9.17, 15) is 0 Å². The number of ether oxygens (including phenoxy) is 2. The van der Waals surface area contributed by atoms with E-state index in [0.29, 0.717) is 10.9 Å². The fraction of sp³-hybridized carbons (Fsp3) is 1.00. The van der Waals surface area contributed by atoms with Crippen LogP contribution in [0.3, 0.4) is 0 Å². The molecule has 0 aromatic heterocycles. The van der Waals surface area contributed by atoms with Gasteiger partial charge in [0.05, 0.1) is 6.10 Å².